The van der Waals surface area contributed by atoms with E-state index in [0.29, 0.717) is 0 Å². The van der Waals surface area contributed by atoms with Crippen LogP contribution in [0, 0.1) is 0 Å². The first-order valence-corrected chi connectivity index (χ1v) is 5.91. The minimum absolute atomic E-state index is 0.259. The summed E-state index contributed by atoms with van der Waals surface area (Å²) in [6.07, 6.45) is 1.44. The number of nitrogens with one attached hydrogen (secondary N) is 1. The third-order valence-corrected chi connectivity index (χ3v) is 2.50. The molecule has 1 aliphatic rings. The van der Waals surface area contributed by atoms with E-state index in [1.165, 1.54) is 6.42 Å². The molecular weight excluding hydrogens is 192 g/mol. The van der Waals surface area contributed by atoms with Gasteiger partial charge in [0.15, 0.2) is 0 Å². The van der Waals surface area contributed by atoms with Crippen molar-refractivity contribution in [1.82, 2.24) is 10.2 Å². The van der Waals surface area contributed by atoms with Crippen LogP contribution in [-0.2, 0) is 9.47 Å². The van der Waals surface area contributed by atoms with Crippen molar-refractivity contribution < 1.29 is 9.47 Å². The lowest BCUT2D eigenvalue weighted by Crippen LogP contribution is -2.42. The zero-order valence-corrected chi connectivity index (χ0v) is 10.00. The number of hydrogen-bond acceptors (Lipinski definition) is 4. The molecule has 1 saturated heterocycles. The summed E-state index contributed by atoms with van der Waals surface area (Å²) in [5.74, 6) is 0. The molecule has 15 heavy (non-hydrogen) atoms. The smallest absolute Gasteiger partial charge is 0.0935 e. The lowest BCUT2D eigenvalue weighted by Gasteiger charge is -2.29. The van der Waals surface area contributed by atoms with E-state index in [1.54, 1.807) is 0 Å². The van der Waals surface area contributed by atoms with Crippen LogP contribution in [0.15, 0.2) is 0 Å². The van der Waals surface area contributed by atoms with Gasteiger partial charge in [0.25, 0.3) is 0 Å². The number of morpholine rings is 1. The molecule has 0 radical (unpaired) electrons. The van der Waals surface area contributed by atoms with Gasteiger partial charge in [-0.15, -0.1) is 0 Å². The van der Waals surface area contributed by atoms with Crippen LogP contribution in [0.2, 0.25) is 0 Å². The first-order chi connectivity index (χ1) is 7.33. The second-order valence-electron chi connectivity index (χ2n) is 4.08. The minimum Gasteiger partial charge on any atom is -0.377 e. The third-order valence-electron chi connectivity index (χ3n) is 2.50. The summed E-state index contributed by atoms with van der Waals surface area (Å²) in [4.78, 5) is 2.28. The number of likely N-dealkylation sites (N-methyl/N-ethyl adjacent to an activating group) is 1. The molecule has 0 bridgehead atoms. The predicted octanol–water partition coefficient (Wildman–Crippen LogP) is 0.333. The summed E-state index contributed by atoms with van der Waals surface area (Å²) in [6, 6.07) is 0. The van der Waals surface area contributed by atoms with E-state index in [0.717, 1.165) is 46.0 Å². The van der Waals surface area contributed by atoms with Gasteiger partial charge in [-0.2, -0.15) is 0 Å². The van der Waals surface area contributed by atoms with Gasteiger partial charge >= 0.3 is 0 Å². The first-order valence-electron chi connectivity index (χ1n) is 5.91. The zero-order valence-electron chi connectivity index (χ0n) is 10.00. The van der Waals surface area contributed by atoms with Gasteiger partial charge in [-0.3, -0.25) is 0 Å². The van der Waals surface area contributed by atoms with Crippen LogP contribution in [0.4, 0.5) is 0 Å². The van der Waals surface area contributed by atoms with Crippen molar-refractivity contribution in [2.24, 2.45) is 0 Å². The van der Waals surface area contributed by atoms with E-state index >= 15 is 0 Å². The Morgan fingerprint density at radius 3 is 3.07 bits per heavy atom. The molecule has 4 nitrogen and oxygen atoms in total. The van der Waals surface area contributed by atoms with E-state index in [2.05, 4.69) is 24.2 Å². The van der Waals surface area contributed by atoms with E-state index in [1.807, 2.05) is 0 Å². The fourth-order valence-electron chi connectivity index (χ4n) is 1.63. The van der Waals surface area contributed by atoms with Crippen LogP contribution in [0.1, 0.15) is 13.3 Å². The summed E-state index contributed by atoms with van der Waals surface area (Å²) >= 11 is 0. The van der Waals surface area contributed by atoms with Crippen molar-refractivity contribution in [2.45, 2.75) is 19.4 Å². The summed E-state index contributed by atoms with van der Waals surface area (Å²) in [5.41, 5.74) is 0. The minimum atomic E-state index is 0.259. The van der Waals surface area contributed by atoms with Crippen LogP contribution < -0.4 is 5.32 Å². The van der Waals surface area contributed by atoms with Crippen molar-refractivity contribution in [3.63, 3.8) is 0 Å². The van der Waals surface area contributed by atoms with Gasteiger partial charge in [0.2, 0.25) is 0 Å². The van der Waals surface area contributed by atoms with Crippen molar-refractivity contribution in [3.8, 4) is 0 Å². The summed E-state index contributed by atoms with van der Waals surface area (Å²) in [6.45, 7) is 8.54. The maximum absolute atomic E-state index is 5.59. The normalized spacial score (nSPS) is 23.2. The highest BCUT2D eigenvalue weighted by atomic mass is 16.5. The molecule has 1 fully saturated rings. The number of nitrogens with zero attached hydrogens (tertiary/aromatic N) is 1. The molecule has 1 atom stereocenters. The van der Waals surface area contributed by atoms with Gasteiger partial charge in [-0.25, -0.2) is 0 Å². The summed E-state index contributed by atoms with van der Waals surface area (Å²) < 4.78 is 11.1. The van der Waals surface area contributed by atoms with Crippen LogP contribution in [-0.4, -0.2) is 64.1 Å². The standard InChI is InChI=1S/C11H24N2O2/c1-3-4-12-5-7-14-10-11-9-13(2)6-8-15-11/h11-12H,3-10H2,1-2H3. The number of rotatable bonds is 7. The number of hydrogen-bond donors (Lipinski definition) is 1. The van der Waals surface area contributed by atoms with E-state index in [9.17, 15) is 0 Å². The Bertz CT molecular complexity index is 156. The molecule has 0 spiro atoms. The van der Waals surface area contributed by atoms with Crippen LogP contribution in [0.3, 0.4) is 0 Å². The average Bonchev–Trinajstić information content (AvgIpc) is 2.23. The van der Waals surface area contributed by atoms with Gasteiger partial charge in [-0.1, -0.05) is 6.92 Å². The van der Waals surface area contributed by atoms with Gasteiger partial charge in [-0.05, 0) is 20.0 Å². The summed E-state index contributed by atoms with van der Waals surface area (Å²) in [7, 11) is 2.12. The van der Waals surface area contributed by atoms with Crippen LogP contribution in [0.5, 0.6) is 0 Å². The Morgan fingerprint density at radius 2 is 2.33 bits per heavy atom. The fraction of sp³-hybridized carbons (Fsp3) is 1.00. The Morgan fingerprint density at radius 1 is 1.47 bits per heavy atom. The Hall–Kier alpha value is -0.160. The molecule has 0 amide bonds. The maximum Gasteiger partial charge on any atom is 0.0935 e. The Labute approximate surface area is 92.9 Å². The van der Waals surface area contributed by atoms with Crippen molar-refractivity contribution in [2.75, 3.05) is 53.0 Å². The van der Waals surface area contributed by atoms with E-state index < -0.39 is 0 Å². The molecule has 0 aromatic carbocycles. The molecule has 0 saturated carbocycles. The van der Waals surface area contributed by atoms with Crippen LogP contribution >= 0.6 is 0 Å². The molecular formula is C11H24N2O2. The first kappa shape index (κ1) is 12.9. The highest BCUT2D eigenvalue weighted by Crippen LogP contribution is 2.02. The lowest BCUT2D eigenvalue weighted by molar-refractivity contribution is -0.0625. The molecule has 4 heteroatoms. The van der Waals surface area contributed by atoms with Crippen molar-refractivity contribution in [3.05, 3.63) is 0 Å². The van der Waals surface area contributed by atoms with Crippen molar-refractivity contribution in [1.29, 1.82) is 0 Å². The monoisotopic (exact) mass is 216 g/mol. The maximum atomic E-state index is 5.59. The van der Waals surface area contributed by atoms with Crippen LogP contribution in [0.25, 0.3) is 0 Å². The second-order valence-corrected chi connectivity index (χ2v) is 4.08. The molecule has 1 rings (SSSR count). The molecule has 0 aliphatic carbocycles. The van der Waals surface area contributed by atoms with E-state index in [-0.39, 0.29) is 6.10 Å². The predicted molar refractivity (Wildman–Crippen MR) is 61.2 cm³/mol. The molecule has 90 valence electrons. The van der Waals surface area contributed by atoms with Gasteiger partial charge < -0.3 is 19.7 Å². The average molecular weight is 216 g/mol. The lowest BCUT2D eigenvalue weighted by atomic mass is 10.3. The fourth-order valence-corrected chi connectivity index (χ4v) is 1.63. The number of ether oxygens (including phenoxy) is 2. The summed E-state index contributed by atoms with van der Waals surface area (Å²) in [5, 5.41) is 3.31. The SMILES string of the molecule is CCCNCCOCC1CN(C)CCO1. The highest BCUT2D eigenvalue weighted by Gasteiger charge is 2.17. The topological polar surface area (TPSA) is 33.7 Å². The molecule has 1 N–H and O–H groups in total. The van der Waals surface area contributed by atoms with E-state index in [4.69, 9.17) is 9.47 Å². The Balaban J connectivity index is 1.90. The molecule has 1 unspecified atom stereocenters. The Kier molecular flexibility index (Phi) is 6.92. The van der Waals surface area contributed by atoms with Gasteiger partial charge in [0.05, 0.1) is 25.9 Å². The molecule has 0 aromatic rings. The largest absolute Gasteiger partial charge is 0.377 e. The highest BCUT2D eigenvalue weighted by molar-refractivity contribution is 4.67. The molecule has 1 aliphatic heterocycles. The quantitative estimate of drug-likeness (QED) is 0.622. The molecule has 1 heterocycles. The van der Waals surface area contributed by atoms with Gasteiger partial charge in [0.1, 0.15) is 0 Å². The zero-order chi connectivity index (χ0) is 10.9. The molecule has 0 aromatic heterocycles. The second kappa shape index (κ2) is 8.05. The van der Waals surface area contributed by atoms with Gasteiger partial charge in [0, 0.05) is 19.6 Å². The van der Waals surface area contributed by atoms with Crippen molar-refractivity contribution >= 4 is 0 Å². The third kappa shape index (κ3) is 6.10.